The van der Waals surface area contributed by atoms with Gasteiger partial charge in [0.2, 0.25) is 0 Å². The Morgan fingerprint density at radius 2 is 1.95 bits per heavy atom. The highest BCUT2D eigenvalue weighted by molar-refractivity contribution is 5.57. The molecule has 0 atom stereocenters. The van der Waals surface area contributed by atoms with E-state index in [9.17, 15) is 0 Å². The molecule has 0 unspecified atom stereocenters. The van der Waals surface area contributed by atoms with Crippen molar-refractivity contribution in [2.45, 2.75) is 19.8 Å². The van der Waals surface area contributed by atoms with E-state index in [0.29, 0.717) is 0 Å². The minimum absolute atomic E-state index is 0.936. The average Bonchev–Trinajstić information content (AvgIpc) is 3.24. The Morgan fingerprint density at radius 1 is 1.21 bits per heavy atom. The van der Waals surface area contributed by atoms with Gasteiger partial charge < -0.3 is 10.2 Å². The van der Waals surface area contributed by atoms with Gasteiger partial charge in [0.1, 0.15) is 18.0 Å². The first-order valence-electron chi connectivity index (χ1n) is 7.24. The first kappa shape index (κ1) is 12.7. The number of nitrogens with zero attached hydrogens (tertiary/aromatic N) is 4. The quantitative estimate of drug-likeness (QED) is 0.886. The summed E-state index contributed by atoms with van der Waals surface area (Å²) in [5.41, 5.74) is 1.15. The van der Waals surface area contributed by atoms with Gasteiger partial charge in [-0.15, -0.1) is 0 Å². The fourth-order valence-electron chi connectivity index (χ4n) is 2.82. The zero-order chi connectivity index (χ0) is 13.2. The minimum atomic E-state index is 0.936. The maximum absolute atomic E-state index is 4.47. The normalized spacial score (nSPS) is 20.6. The van der Waals surface area contributed by atoms with Crippen LogP contribution in [0.2, 0.25) is 0 Å². The van der Waals surface area contributed by atoms with Crippen LogP contribution in [-0.2, 0) is 0 Å². The summed E-state index contributed by atoms with van der Waals surface area (Å²) in [6.45, 7) is 7.88. The lowest BCUT2D eigenvalue weighted by atomic mass is 10.2. The van der Waals surface area contributed by atoms with Crippen LogP contribution in [0.15, 0.2) is 6.33 Å². The molecule has 1 aliphatic heterocycles. The van der Waals surface area contributed by atoms with Crippen LogP contribution < -0.4 is 10.2 Å². The van der Waals surface area contributed by atoms with Crippen molar-refractivity contribution in [1.29, 1.82) is 0 Å². The predicted octanol–water partition coefficient (Wildman–Crippen LogP) is 1.36. The van der Waals surface area contributed by atoms with E-state index in [1.54, 1.807) is 6.33 Å². The molecule has 1 N–H and O–H groups in total. The molecule has 0 spiro atoms. The molecule has 0 amide bonds. The Balaban J connectivity index is 1.64. The zero-order valence-corrected chi connectivity index (χ0v) is 11.9. The van der Waals surface area contributed by atoms with E-state index in [1.807, 2.05) is 7.05 Å². The monoisotopic (exact) mass is 261 g/mol. The second kappa shape index (κ2) is 5.33. The second-order valence-electron chi connectivity index (χ2n) is 5.65. The van der Waals surface area contributed by atoms with Gasteiger partial charge in [-0.25, -0.2) is 9.97 Å². The van der Waals surface area contributed by atoms with E-state index in [4.69, 9.17) is 0 Å². The van der Waals surface area contributed by atoms with Crippen LogP contribution in [0.25, 0.3) is 0 Å². The molecule has 1 aliphatic carbocycles. The Kier molecular flexibility index (Phi) is 3.55. The molecule has 19 heavy (non-hydrogen) atoms. The third-order valence-corrected chi connectivity index (χ3v) is 4.18. The highest BCUT2D eigenvalue weighted by Gasteiger charge is 2.27. The van der Waals surface area contributed by atoms with E-state index in [0.717, 1.165) is 49.3 Å². The number of aromatic nitrogens is 2. The number of anilines is 2. The topological polar surface area (TPSA) is 44.3 Å². The van der Waals surface area contributed by atoms with Gasteiger partial charge in [-0.1, -0.05) is 0 Å². The Morgan fingerprint density at radius 3 is 2.58 bits per heavy atom. The Labute approximate surface area is 115 Å². The first-order valence-corrected chi connectivity index (χ1v) is 7.24. The number of nitrogens with one attached hydrogen (secondary N) is 1. The van der Waals surface area contributed by atoms with Gasteiger partial charge in [0.25, 0.3) is 0 Å². The lowest BCUT2D eigenvalue weighted by Crippen LogP contribution is -2.47. The highest BCUT2D eigenvalue weighted by Crippen LogP contribution is 2.30. The standard InChI is InChI=1S/C14H23N5/c1-11-13(15-2)16-10-17-14(11)19-7-5-18(6-8-19)9-12-3-4-12/h10,12H,3-9H2,1-2H3,(H,15,16,17). The summed E-state index contributed by atoms with van der Waals surface area (Å²) in [6.07, 6.45) is 4.54. The van der Waals surface area contributed by atoms with Gasteiger partial charge in [0.05, 0.1) is 0 Å². The van der Waals surface area contributed by atoms with Gasteiger partial charge in [0.15, 0.2) is 0 Å². The van der Waals surface area contributed by atoms with E-state index in [2.05, 4.69) is 32.0 Å². The van der Waals surface area contributed by atoms with Gasteiger partial charge in [-0.05, 0) is 25.7 Å². The molecule has 104 valence electrons. The lowest BCUT2D eigenvalue weighted by molar-refractivity contribution is 0.247. The highest BCUT2D eigenvalue weighted by atomic mass is 15.3. The molecule has 2 fully saturated rings. The smallest absolute Gasteiger partial charge is 0.137 e. The van der Waals surface area contributed by atoms with Crippen molar-refractivity contribution in [3.63, 3.8) is 0 Å². The van der Waals surface area contributed by atoms with Gasteiger partial charge >= 0.3 is 0 Å². The molecule has 0 radical (unpaired) electrons. The van der Waals surface area contributed by atoms with Gasteiger partial charge in [-0.3, -0.25) is 4.90 Å². The largest absolute Gasteiger partial charge is 0.373 e. The summed E-state index contributed by atoms with van der Waals surface area (Å²) in [5, 5.41) is 3.13. The zero-order valence-electron chi connectivity index (χ0n) is 11.9. The van der Waals surface area contributed by atoms with Crippen molar-refractivity contribution in [3.05, 3.63) is 11.9 Å². The maximum Gasteiger partial charge on any atom is 0.137 e. The van der Waals surface area contributed by atoms with Crippen LogP contribution in [0.5, 0.6) is 0 Å². The molecule has 3 rings (SSSR count). The summed E-state index contributed by atoms with van der Waals surface area (Å²) < 4.78 is 0. The molecule has 0 aromatic carbocycles. The molecule has 1 saturated carbocycles. The van der Waals surface area contributed by atoms with Crippen molar-refractivity contribution in [1.82, 2.24) is 14.9 Å². The molecule has 0 bridgehead atoms. The summed E-state index contributed by atoms with van der Waals surface area (Å²) in [7, 11) is 1.91. The average molecular weight is 261 g/mol. The Bertz CT molecular complexity index is 435. The van der Waals surface area contributed by atoms with Gasteiger partial charge in [0, 0.05) is 45.3 Å². The fourth-order valence-corrected chi connectivity index (χ4v) is 2.82. The summed E-state index contributed by atoms with van der Waals surface area (Å²) in [6, 6.07) is 0. The molecule has 1 aromatic rings. The third-order valence-electron chi connectivity index (χ3n) is 4.18. The van der Waals surface area contributed by atoms with Crippen molar-refractivity contribution in [3.8, 4) is 0 Å². The van der Waals surface area contributed by atoms with Crippen LogP contribution in [0, 0.1) is 12.8 Å². The molecule has 5 nitrogen and oxygen atoms in total. The van der Waals surface area contributed by atoms with E-state index in [1.165, 1.54) is 19.4 Å². The SMILES string of the molecule is CNc1ncnc(N2CCN(CC3CC3)CC2)c1C. The van der Waals surface area contributed by atoms with Crippen molar-refractivity contribution >= 4 is 11.6 Å². The van der Waals surface area contributed by atoms with Crippen molar-refractivity contribution in [2.75, 3.05) is 50.0 Å². The fraction of sp³-hybridized carbons (Fsp3) is 0.714. The number of hydrogen-bond acceptors (Lipinski definition) is 5. The predicted molar refractivity (Wildman–Crippen MR) is 77.7 cm³/mol. The lowest BCUT2D eigenvalue weighted by Gasteiger charge is -2.36. The molecule has 2 heterocycles. The van der Waals surface area contributed by atoms with E-state index < -0.39 is 0 Å². The van der Waals surface area contributed by atoms with Gasteiger partial charge in [-0.2, -0.15) is 0 Å². The molecular formula is C14H23N5. The van der Waals surface area contributed by atoms with E-state index >= 15 is 0 Å². The molecule has 5 heteroatoms. The Hall–Kier alpha value is -1.36. The summed E-state index contributed by atoms with van der Waals surface area (Å²) in [4.78, 5) is 13.7. The second-order valence-corrected chi connectivity index (χ2v) is 5.65. The third kappa shape index (κ3) is 2.81. The van der Waals surface area contributed by atoms with Crippen LogP contribution in [-0.4, -0.2) is 54.6 Å². The van der Waals surface area contributed by atoms with Crippen LogP contribution in [0.1, 0.15) is 18.4 Å². The maximum atomic E-state index is 4.47. The molecule has 1 saturated heterocycles. The van der Waals surface area contributed by atoms with Crippen LogP contribution in [0.3, 0.4) is 0 Å². The molecule has 1 aromatic heterocycles. The van der Waals surface area contributed by atoms with Crippen LogP contribution >= 0.6 is 0 Å². The molecular weight excluding hydrogens is 238 g/mol. The van der Waals surface area contributed by atoms with E-state index in [-0.39, 0.29) is 0 Å². The van der Waals surface area contributed by atoms with Crippen molar-refractivity contribution in [2.24, 2.45) is 5.92 Å². The first-order chi connectivity index (χ1) is 9.28. The summed E-state index contributed by atoms with van der Waals surface area (Å²) >= 11 is 0. The summed E-state index contributed by atoms with van der Waals surface area (Å²) in [5.74, 6) is 3.01. The number of rotatable bonds is 4. The van der Waals surface area contributed by atoms with Crippen LogP contribution in [0.4, 0.5) is 11.6 Å². The van der Waals surface area contributed by atoms with Crippen molar-refractivity contribution < 1.29 is 0 Å². The minimum Gasteiger partial charge on any atom is -0.373 e. The molecule has 2 aliphatic rings. The number of hydrogen-bond donors (Lipinski definition) is 1. The number of piperazine rings is 1.